The number of amides is 1. The average Bonchev–Trinajstić information content (AvgIpc) is 3.39. The number of nitrogens with one attached hydrogen (secondary N) is 1. The standard InChI is InChI=1S/C23H26N4O2S/c1-26(2)18-12-13-27(15-18)23-25-20-10-7-17(14-21(20)30-23)24-22(28)11-6-16-4-8-19(29-3)9-5-16/h4-11,14,18H,12-13,15H2,1-3H3,(H,24,28). The van der Waals surface area contributed by atoms with Crippen LogP contribution in [-0.2, 0) is 4.79 Å². The van der Waals surface area contributed by atoms with Gasteiger partial charge in [0, 0.05) is 30.9 Å². The summed E-state index contributed by atoms with van der Waals surface area (Å²) in [4.78, 5) is 21.7. The van der Waals surface area contributed by atoms with Crippen LogP contribution in [0.2, 0.25) is 0 Å². The molecule has 6 nitrogen and oxygen atoms in total. The molecule has 1 aliphatic rings. The van der Waals surface area contributed by atoms with Gasteiger partial charge in [-0.15, -0.1) is 0 Å². The zero-order chi connectivity index (χ0) is 21.1. The Morgan fingerprint density at radius 1 is 1.27 bits per heavy atom. The Balaban J connectivity index is 1.42. The highest BCUT2D eigenvalue weighted by molar-refractivity contribution is 7.22. The van der Waals surface area contributed by atoms with Crippen LogP contribution < -0.4 is 15.0 Å². The van der Waals surface area contributed by atoms with Crippen molar-refractivity contribution in [2.45, 2.75) is 12.5 Å². The van der Waals surface area contributed by atoms with Crippen LogP contribution in [0.15, 0.2) is 48.5 Å². The van der Waals surface area contributed by atoms with Gasteiger partial charge in [-0.2, -0.15) is 0 Å². The van der Waals surface area contributed by atoms with E-state index >= 15 is 0 Å². The van der Waals surface area contributed by atoms with Crippen molar-refractivity contribution in [3.63, 3.8) is 0 Å². The van der Waals surface area contributed by atoms with Crippen molar-refractivity contribution in [1.29, 1.82) is 0 Å². The molecule has 0 spiro atoms. The SMILES string of the molecule is COc1ccc(C=CC(=O)Nc2ccc3nc(N4CCC(N(C)C)C4)sc3c2)cc1. The summed E-state index contributed by atoms with van der Waals surface area (Å²) >= 11 is 1.68. The highest BCUT2D eigenvalue weighted by Crippen LogP contribution is 2.33. The second-order valence-corrected chi connectivity index (χ2v) is 8.64. The fourth-order valence-corrected chi connectivity index (χ4v) is 4.57. The van der Waals surface area contributed by atoms with E-state index in [0.717, 1.165) is 51.9 Å². The van der Waals surface area contributed by atoms with Gasteiger partial charge < -0.3 is 19.9 Å². The lowest BCUT2D eigenvalue weighted by atomic mass is 10.2. The zero-order valence-electron chi connectivity index (χ0n) is 17.5. The average molecular weight is 423 g/mol. The third kappa shape index (κ3) is 4.63. The number of aromatic nitrogens is 1. The van der Waals surface area contributed by atoms with E-state index in [0.29, 0.717) is 6.04 Å². The molecule has 1 N–H and O–H groups in total. The maximum absolute atomic E-state index is 12.3. The Labute approximate surface area is 180 Å². The molecule has 1 aliphatic heterocycles. The Morgan fingerprint density at radius 2 is 2.07 bits per heavy atom. The summed E-state index contributed by atoms with van der Waals surface area (Å²) in [5.74, 6) is 0.628. The summed E-state index contributed by atoms with van der Waals surface area (Å²) in [6.07, 6.45) is 4.48. The highest BCUT2D eigenvalue weighted by atomic mass is 32.1. The third-order valence-electron chi connectivity index (χ3n) is 5.35. The van der Waals surface area contributed by atoms with Crippen LogP contribution in [0.1, 0.15) is 12.0 Å². The number of ether oxygens (including phenoxy) is 1. The van der Waals surface area contributed by atoms with Gasteiger partial charge in [-0.3, -0.25) is 4.79 Å². The molecule has 1 atom stereocenters. The number of methoxy groups -OCH3 is 1. The number of thiazole rings is 1. The van der Waals surface area contributed by atoms with Crippen LogP contribution in [0.25, 0.3) is 16.3 Å². The summed E-state index contributed by atoms with van der Waals surface area (Å²) < 4.78 is 6.23. The van der Waals surface area contributed by atoms with Gasteiger partial charge in [0.25, 0.3) is 0 Å². The quantitative estimate of drug-likeness (QED) is 0.606. The first-order valence-electron chi connectivity index (χ1n) is 9.97. The van der Waals surface area contributed by atoms with Gasteiger partial charge in [-0.05, 0) is 62.5 Å². The van der Waals surface area contributed by atoms with Gasteiger partial charge in [0.15, 0.2) is 5.13 Å². The molecule has 30 heavy (non-hydrogen) atoms. The molecule has 1 aromatic heterocycles. The molecule has 0 saturated carbocycles. The maximum Gasteiger partial charge on any atom is 0.248 e. The van der Waals surface area contributed by atoms with Crippen molar-refractivity contribution in [2.75, 3.05) is 44.5 Å². The predicted molar refractivity (Wildman–Crippen MR) is 125 cm³/mol. The third-order valence-corrected chi connectivity index (χ3v) is 6.43. The van der Waals surface area contributed by atoms with E-state index in [-0.39, 0.29) is 5.91 Å². The van der Waals surface area contributed by atoms with Crippen LogP contribution in [0.5, 0.6) is 5.75 Å². The van der Waals surface area contributed by atoms with Gasteiger partial charge in [0.05, 0.1) is 17.3 Å². The van der Waals surface area contributed by atoms with Crippen LogP contribution in [0.3, 0.4) is 0 Å². The van der Waals surface area contributed by atoms with Crippen molar-refractivity contribution in [2.24, 2.45) is 0 Å². The molecule has 1 unspecified atom stereocenters. The second kappa shape index (κ2) is 8.85. The Morgan fingerprint density at radius 3 is 2.77 bits per heavy atom. The molecule has 2 heterocycles. The lowest BCUT2D eigenvalue weighted by molar-refractivity contribution is -0.111. The minimum Gasteiger partial charge on any atom is -0.497 e. The van der Waals surface area contributed by atoms with Gasteiger partial charge in [0.1, 0.15) is 5.75 Å². The van der Waals surface area contributed by atoms with Crippen molar-refractivity contribution in [1.82, 2.24) is 9.88 Å². The second-order valence-electron chi connectivity index (χ2n) is 7.63. The highest BCUT2D eigenvalue weighted by Gasteiger charge is 2.26. The van der Waals surface area contributed by atoms with Crippen molar-refractivity contribution in [3.8, 4) is 5.75 Å². The van der Waals surface area contributed by atoms with E-state index in [4.69, 9.17) is 9.72 Å². The summed E-state index contributed by atoms with van der Waals surface area (Å²) in [6.45, 7) is 2.04. The molecule has 4 rings (SSSR count). The largest absolute Gasteiger partial charge is 0.497 e. The fourth-order valence-electron chi connectivity index (χ4n) is 3.53. The van der Waals surface area contributed by atoms with Gasteiger partial charge in [0.2, 0.25) is 5.91 Å². The summed E-state index contributed by atoms with van der Waals surface area (Å²) in [6, 6.07) is 14.0. The molecule has 0 radical (unpaired) electrons. The molecule has 3 aromatic rings. The fraction of sp³-hybridized carbons (Fsp3) is 0.304. The van der Waals surface area contributed by atoms with E-state index in [9.17, 15) is 4.79 Å². The first-order chi connectivity index (χ1) is 14.5. The number of carbonyl (C=O) groups excluding carboxylic acids is 1. The first kappa shape index (κ1) is 20.4. The minimum atomic E-state index is -0.164. The number of fused-ring (bicyclic) bond motifs is 1. The van der Waals surface area contributed by atoms with Crippen LogP contribution in [-0.4, -0.2) is 56.1 Å². The summed E-state index contributed by atoms with van der Waals surface area (Å²) in [7, 11) is 5.89. The Bertz CT molecular complexity index is 1060. The Hall–Kier alpha value is -2.90. The lowest BCUT2D eigenvalue weighted by Gasteiger charge is -2.19. The number of hydrogen-bond donors (Lipinski definition) is 1. The monoisotopic (exact) mass is 422 g/mol. The number of likely N-dealkylation sites (N-methyl/N-ethyl adjacent to an activating group) is 1. The van der Waals surface area contributed by atoms with Crippen LogP contribution in [0.4, 0.5) is 10.8 Å². The number of anilines is 2. The van der Waals surface area contributed by atoms with E-state index in [1.807, 2.05) is 42.5 Å². The van der Waals surface area contributed by atoms with E-state index < -0.39 is 0 Å². The van der Waals surface area contributed by atoms with Crippen molar-refractivity contribution < 1.29 is 9.53 Å². The Kier molecular flexibility index (Phi) is 6.01. The molecular formula is C23H26N4O2S. The molecule has 2 aromatic carbocycles. The molecule has 7 heteroatoms. The minimum absolute atomic E-state index is 0.164. The predicted octanol–water partition coefficient (Wildman–Crippen LogP) is 4.10. The summed E-state index contributed by atoms with van der Waals surface area (Å²) in [5.41, 5.74) is 2.68. The normalized spacial score (nSPS) is 16.7. The molecule has 156 valence electrons. The van der Waals surface area contributed by atoms with E-state index in [1.54, 1.807) is 24.5 Å². The number of nitrogens with zero attached hydrogens (tertiary/aromatic N) is 3. The maximum atomic E-state index is 12.3. The number of hydrogen-bond acceptors (Lipinski definition) is 6. The number of carbonyl (C=O) groups is 1. The van der Waals surface area contributed by atoms with Crippen molar-refractivity contribution >= 4 is 44.4 Å². The van der Waals surface area contributed by atoms with Crippen LogP contribution in [0, 0.1) is 0 Å². The zero-order valence-corrected chi connectivity index (χ0v) is 18.3. The van der Waals surface area contributed by atoms with Crippen LogP contribution >= 0.6 is 11.3 Å². The molecule has 0 bridgehead atoms. The molecule has 0 aliphatic carbocycles. The van der Waals surface area contributed by atoms with Gasteiger partial charge >= 0.3 is 0 Å². The number of benzene rings is 2. The topological polar surface area (TPSA) is 57.7 Å². The molecule has 1 fully saturated rings. The summed E-state index contributed by atoms with van der Waals surface area (Å²) in [5, 5.41) is 3.99. The van der Waals surface area contributed by atoms with Gasteiger partial charge in [-0.25, -0.2) is 4.98 Å². The lowest BCUT2D eigenvalue weighted by Crippen LogP contribution is -2.31. The first-order valence-corrected chi connectivity index (χ1v) is 10.8. The van der Waals surface area contributed by atoms with Gasteiger partial charge in [-0.1, -0.05) is 23.5 Å². The smallest absolute Gasteiger partial charge is 0.248 e. The molecule has 1 amide bonds. The van der Waals surface area contributed by atoms with E-state index in [1.165, 1.54) is 6.08 Å². The molecule has 1 saturated heterocycles. The van der Waals surface area contributed by atoms with Crippen molar-refractivity contribution in [3.05, 3.63) is 54.1 Å². The van der Waals surface area contributed by atoms with E-state index in [2.05, 4.69) is 29.2 Å². The molecular weight excluding hydrogens is 396 g/mol. The number of rotatable bonds is 6.